The Bertz CT molecular complexity index is 580. The van der Waals surface area contributed by atoms with Crippen molar-refractivity contribution < 1.29 is 9.18 Å². The van der Waals surface area contributed by atoms with Crippen LogP contribution < -0.4 is 0 Å². The van der Waals surface area contributed by atoms with Crippen LogP contribution in [0.15, 0.2) is 54.6 Å². The monoisotopic (exact) mass is 299 g/mol. The number of Topliss-reactive ketones (excluding diaryl/α,β-unsaturated/α-hetero) is 1. The third-order valence-electron chi connectivity index (χ3n) is 3.74. The molecule has 116 valence electrons. The fourth-order valence-electron chi connectivity index (χ4n) is 2.43. The van der Waals surface area contributed by atoms with Crippen LogP contribution in [0.3, 0.4) is 0 Å². The molecule has 0 N–H and O–H groups in total. The summed E-state index contributed by atoms with van der Waals surface area (Å²) in [6, 6.07) is 16.1. The molecule has 2 rings (SSSR count). The summed E-state index contributed by atoms with van der Waals surface area (Å²) in [6.45, 7) is 4.88. The van der Waals surface area contributed by atoms with Gasteiger partial charge < -0.3 is 0 Å². The zero-order valence-corrected chi connectivity index (χ0v) is 13.0. The Morgan fingerprint density at radius 3 is 2.36 bits per heavy atom. The summed E-state index contributed by atoms with van der Waals surface area (Å²) in [7, 11) is 0. The van der Waals surface area contributed by atoms with E-state index >= 15 is 0 Å². The molecule has 0 bridgehead atoms. The molecule has 0 spiro atoms. The van der Waals surface area contributed by atoms with E-state index in [0.29, 0.717) is 12.0 Å². The van der Waals surface area contributed by atoms with E-state index in [-0.39, 0.29) is 11.6 Å². The fraction of sp³-hybridized carbons (Fsp3) is 0.316. The average Bonchev–Trinajstić information content (AvgIpc) is 2.55. The Morgan fingerprint density at radius 1 is 1.05 bits per heavy atom. The molecule has 0 aromatic heterocycles. The predicted molar refractivity (Wildman–Crippen MR) is 87.4 cm³/mol. The molecule has 0 heterocycles. The molecule has 0 amide bonds. The van der Waals surface area contributed by atoms with E-state index in [1.165, 1.54) is 17.7 Å². The second-order valence-corrected chi connectivity index (χ2v) is 5.39. The first-order chi connectivity index (χ1) is 10.7. The van der Waals surface area contributed by atoms with Gasteiger partial charge in [0.2, 0.25) is 0 Å². The third-order valence-corrected chi connectivity index (χ3v) is 3.74. The molecule has 0 aliphatic heterocycles. The van der Waals surface area contributed by atoms with E-state index in [1.807, 2.05) is 18.2 Å². The smallest absolute Gasteiger partial charge is 0.162 e. The normalized spacial score (nSPS) is 10.9. The van der Waals surface area contributed by atoms with E-state index < -0.39 is 0 Å². The van der Waals surface area contributed by atoms with Gasteiger partial charge in [0.25, 0.3) is 0 Å². The molecule has 2 aromatic rings. The Kier molecular flexibility index (Phi) is 6.28. The van der Waals surface area contributed by atoms with E-state index in [2.05, 4.69) is 24.0 Å². The fourth-order valence-corrected chi connectivity index (χ4v) is 2.43. The molecule has 0 aliphatic carbocycles. The van der Waals surface area contributed by atoms with Gasteiger partial charge in [0, 0.05) is 18.5 Å². The maximum absolute atomic E-state index is 12.8. The van der Waals surface area contributed by atoms with Gasteiger partial charge in [0.1, 0.15) is 5.82 Å². The second kappa shape index (κ2) is 8.44. The Morgan fingerprint density at radius 2 is 1.73 bits per heavy atom. The number of halogens is 1. The molecule has 0 unspecified atom stereocenters. The van der Waals surface area contributed by atoms with Crippen LogP contribution in [0.5, 0.6) is 0 Å². The predicted octanol–water partition coefficient (Wildman–Crippen LogP) is 4.31. The lowest BCUT2D eigenvalue weighted by atomic mass is 10.1. The van der Waals surface area contributed by atoms with E-state index in [4.69, 9.17) is 0 Å². The van der Waals surface area contributed by atoms with Gasteiger partial charge in [-0.3, -0.25) is 9.69 Å². The van der Waals surface area contributed by atoms with E-state index in [0.717, 1.165) is 26.1 Å². The Hall–Kier alpha value is -2.00. The maximum Gasteiger partial charge on any atom is 0.162 e. The van der Waals surface area contributed by atoms with Crippen LogP contribution in [0.4, 0.5) is 4.39 Å². The van der Waals surface area contributed by atoms with Crippen LogP contribution in [0.25, 0.3) is 0 Å². The molecule has 3 heteroatoms. The molecule has 0 saturated carbocycles. The van der Waals surface area contributed by atoms with Gasteiger partial charge in [-0.25, -0.2) is 4.39 Å². The van der Waals surface area contributed by atoms with Crippen molar-refractivity contribution in [2.45, 2.75) is 26.3 Å². The van der Waals surface area contributed by atoms with Gasteiger partial charge in [0.05, 0.1) is 0 Å². The van der Waals surface area contributed by atoms with Crippen molar-refractivity contribution in [3.05, 3.63) is 71.5 Å². The van der Waals surface area contributed by atoms with Crippen LogP contribution in [-0.4, -0.2) is 23.8 Å². The summed E-state index contributed by atoms with van der Waals surface area (Å²) in [5.74, 6) is -0.229. The standard InChI is InChI=1S/C19H22FNO/c1-2-21(15-16-7-4-3-5-8-16)14-6-9-19(22)17-10-12-18(20)13-11-17/h3-5,7-8,10-13H,2,6,9,14-15H2,1H3. The first-order valence-corrected chi connectivity index (χ1v) is 7.74. The number of hydrogen-bond donors (Lipinski definition) is 0. The highest BCUT2D eigenvalue weighted by atomic mass is 19.1. The van der Waals surface area contributed by atoms with E-state index in [9.17, 15) is 9.18 Å². The highest BCUT2D eigenvalue weighted by Crippen LogP contribution is 2.09. The lowest BCUT2D eigenvalue weighted by Crippen LogP contribution is -2.24. The lowest BCUT2D eigenvalue weighted by molar-refractivity contribution is 0.0974. The molecule has 0 fully saturated rings. The minimum atomic E-state index is -0.309. The number of carbonyl (C=O) groups excluding carboxylic acids is 1. The molecule has 0 aliphatic rings. The number of rotatable bonds is 8. The van der Waals surface area contributed by atoms with Crippen LogP contribution in [0.2, 0.25) is 0 Å². The SMILES string of the molecule is CCN(CCCC(=O)c1ccc(F)cc1)Cc1ccccc1. The van der Waals surface area contributed by atoms with Gasteiger partial charge >= 0.3 is 0 Å². The average molecular weight is 299 g/mol. The van der Waals surface area contributed by atoms with Gasteiger partial charge in [0.15, 0.2) is 5.78 Å². The summed E-state index contributed by atoms with van der Waals surface area (Å²) < 4.78 is 12.8. The van der Waals surface area contributed by atoms with Crippen molar-refractivity contribution in [1.29, 1.82) is 0 Å². The van der Waals surface area contributed by atoms with Crippen LogP contribution in [-0.2, 0) is 6.54 Å². The van der Waals surface area contributed by atoms with Crippen LogP contribution >= 0.6 is 0 Å². The topological polar surface area (TPSA) is 20.3 Å². The van der Waals surface area contributed by atoms with Crippen molar-refractivity contribution in [2.75, 3.05) is 13.1 Å². The van der Waals surface area contributed by atoms with Crippen LogP contribution in [0, 0.1) is 5.82 Å². The zero-order valence-electron chi connectivity index (χ0n) is 13.0. The highest BCUT2D eigenvalue weighted by Gasteiger charge is 2.08. The minimum absolute atomic E-state index is 0.0794. The van der Waals surface area contributed by atoms with Crippen molar-refractivity contribution in [1.82, 2.24) is 4.90 Å². The van der Waals surface area contributed by atoms with Crippen molar-refractivity contribution in [2.24, 2.45) is 0 Å². The van der Waals surface area contributed by atoms with Gasteiger partial charge in [-0.05, 0) is 49.3 Å². The summed E-state index contributed by atoms with van der Waals surface area (Å²) in [5.41, 5.74) is 1.88. The number of ketones is 1. The third kappa shape index (κ3) is 5.08. The number of carbonyl (C=O) groups is 1. The van der Waals surface area contributed by atoms with E-state index in [1.54, 1.807) is 12.1 Å². The second-order valence-electron chi connectivity index (χ2n) is 5.39. The molecule has 0 saturated heterocycles. The first-order valence-electron chi connectivity index (χ1n) is 7.74. The summed E-state index contributed by atoms with van der Waals surface area (Å²) >= 11 is 0. The van der Waals surface area contributed by atoms with Gasteiger partial charge in [-0.15, -0.1) is 0 Å². The molecular weight excluding hydrogens is 277 g/mol. The summed E-state index contributed by atoms with van der Waals surface area (Å²) in [5, 5.41) is 0. The largest absolute Gasteiger partial charge is 0.299 e. The highest BCUT2D eigenvalue weighted by molar-refractivity contribution is 5.95. The minimum Gasteiger partial charge on any atom is -0.299 e. The molecule has 2 aromatic carbocycles. The Labute approximate surface area is 131 Å². The van der Waals surface area contributed by atoms with Crippen LogP contribution in [0.1, 0.15) is 35.7 Å². The molecular formula is C19H22FNO. The quantitative estimate of drug-likeness (QED) is 0.677. The zero-order chi connectivity index (χ0) is 15.8. The molecule has 2 nitrogen and oxygen atoms in total. The number of nitrogens with zero attached hydrogens (tertiary/aromatic N) is 1. The maximum atomic E-state index is 12.8. The summed E-state index contributed by atoms with van der Waals surface area (Å²) in [4.78, 5) is 14.4. The molecule has 22 heavy (non-hydrogen) atoms. The number of hydrogen-bond acceptors (Lipinski definition) is 2. The molecule has 0 atom stereocenters. The van der Waals surface area contributed by atoms with Crippen molar-refractivity contribution in [3.63, 3.8) is 0 Å². The van der Waals surface area contributed by atoms with Crippen molar-refractivity contribution >= 4 is 5.78 Å². The van der Waals surface area contributed by atoms with Gasteiger partial charge in [-0.1, -0.05) is 37.3 Å². The lowest BCUT2D eigenvalue weighted by Gasteiger charge is -2.20. The molecule has 0 radical (unpaired) electrons. The van der Waals surface area contributed by atoms with Crippen molar-refractivity contribution in [3.8, 4) is 0 Å². The first kappa shape index (κ1) is 16.4. The van der Waals surface area contributed by atoms with Gasteiger partial charge in [-0.2, -0.15) is 0 Å². The number of benzene rings is 2. The Balaban J connectivity index is 1.78. The summed E-state index contributed by atoms with van der Waals surface area (Å²) in [6.07, 6.45) is 1.31.